The van der Waals surface area contributed by atoms with Gasteiger partial charge in [0.05, 0.1) is 6.04 Å². The van der Waals surface area contributed by atoms with Gasteiger partial charge in [-0.3, -0.25) is 4.79 Å². The van der Waals surface area contributed by atoms with E-state index in [1.54, 1.807) is 0 Å². The summed E-state index contributed by atoms with van der Waals surface area (Å²) in [5.74, 6) is 0.0734. The highest BCUT2D eigenvalue weighted by Crippen LogP contribution is 2.08. The topological polar surface area (TPSA) is 41.1 Å². The van der Waals surface area contributed by atoms with Gasteiger partial charge in [-0.25, -0.2) is 0 Å². The maximum Gasteiger partial charge on any atom is 0.237 e. The van der Waals surface area contributed by atoms with Gasteiger partial charge in [-0.15, -0.1) is 0 Å². The van der Waals surface area contributed by atoms with Gasteiger partial charge >= 0.3 is 0 Å². The van der Waals surface area contributed by atoms with Gasteiger partial charge in [0.1, 0.15) is 0 Å². The van der Waals surface area contributed by atoms with Crippen LogP contribution >= 0.6 is 11.8 Å². The highest BCUT2D eigenvalue weighted by Gasteiger charge is 2.18. The second-order valence-corrected chi connectivity index (χ2v) is 6.53. The fraction of sp³-hybridized carbons (Fsp3) is 0.917. The number of hydrogen-bond acceptors (Lipinski definition) is 3. The number of hydrogen-bond donors (Lipinski definition) is 2. The minimum atomic E-state index is -0.153. The van der Waals surface area contributed by atoms with E-state index in [0.29, 0.717) is 5.25 Å². The molecule has 0 radical (unpaired) electrons. The van der Waals surface area contributed by atoms with E-state index in [1.165, 1.54) is 0 Å². The van der Waals surface area contributed by atoms with E-state index in [0.717, 1.165) is 13.0 Å². The molecule has 0 aromatic rings. The zero-order valence-corrected chi connectivity index (χ0v) is 12.2. The average Bonchev–Trinajstić information content (AvgIpc) is 2.14. The summed E-state index contributed by atoms with van der Waals surface area (Å²) in [6.07, 6.45) is 3.20. The Bertz CT molecular complexity index is 214. The van der Waals surface area contributed by atoms with Crippen molar-refractivity contribution in [1.82, 2.24) is 10.6 Å². The van der Waals surface area contributed by atoms with Crippen molar-refractivity contribution >= 4 is 17.7 Å². The van der Waals surface area contributed by atoms with E-state index in [4.69, 9.17) is 0 Å². The maximum absolute atomic E-state index is 11.7. The SMILES string of the molecule is CSC(C)CCNC(C)C(=O)NC(C)(C)C. The molecule has 0 heterocycles. The first-order valence-corrected chi connectivity index (χ1v) is 7.13. The van der Waals surface area contributed by atoms with Gasteiger partial charge < -0.3 is 10.6 Å². The summed E-state index contributed by atoms with van der Waals surface area (Å²) in [6.45, 7) is 11.0. The van der Waals surface area contributed by atoms with Crippen molar-refractivity contribution in [3.63, 3.8) is 0 Å². The summed E-state index contributed by atoms with van der Waals surface area (Å²) in [5, 5.41) is 6.85. The molecule has 0 saturated carbocycles. The molecule has 2 N–H and O–H groups in total. The number of thioether (sulfide) groups is 1. The van der Waals surface area contributed by atoms with E-state index in [-0.39, 0.29) is 17.5 Å². The average molecular weight is 246 g/mol. The fourth-order valence-corrected chi connectivity index (χ4v) is 1.55. The van der Waals surface area contributed by atoms with Gasteiger partial charge in [0.25, 0.3) is 0 Å². The molecule has 0 bridgehead atoms. The number of nitrogens with one attached hydrogen (secondary N) is 2. The third-order valence-electron chi connectivity index (χ3n) is 2.30. The quantitative estimate of drug-likeness (QED) is 0.753. The summed E-state index contributed by atoms with van der Waals surface area (Å²) < 4.78 is 0. The standard InChI is InChI=1S/C12H26N2OS/c1-9(16-6)7-8-13-10(2)11(15)14-12(3,4)5/h9-10,13H,7-8H2,1-6H3,(H,14,15). The maximum atomic E-state index is 11.7. The van der Waals surface area contributed by atoms with Crippen molar-refractivity contribution in [3.05, 3.63) is 0 Å². The van der Waals surface area contributed by atoms with Crippen LogP contribution in [0.5, 0.6) is 0 Å². The van der Waals surface area contributed by atoms with Crippen molar-refractivity contribution in [2.75, 3.05) is 12.8 Å². The summed E-state index contributed by atoms with van der Waals surface area (Å²) in [5.41, 5.74) is -0.153. The van der Waals surface area contributed by atoms with Gasteiger partial charge in [-0.2, -0.15) is 11.8 Å². The van der Waals surface area contributed by atoms with E-state index >= 15 is 0 Å². The van der Waals surface area contributed by atoms with E-state index < -0.39 is 0 Å². The van der Waals surface area contributed by atoms with Crippen LogP contribution in [0.25, 0.3) is 0 Å². The largest absolute Gasteiger partial charge is 0.350 e. The van der Waals surface area contributed by atoms with Crippen LogP contribution < -0.4 is 10.6 Å². The number of carbonyl (C=O) groups is 1. The number of rotatable bonds is 6. The van der Waals surface area contributed by atoms with Gasteiger partial charge in [0.2, 0.25) is 5.91 Å². The van der Waals surface area contributed by atoms with Crippen LogP contribution in [0.1, 0.15) is 41.0 Å². The second-order valence-electron chi connectivity index (χ2n) is 5.25. The minimum Gasteiger partial charge on any atom is -0.350 e. The van der Waals surface area contributed by atoms with Crippen molar-refractivity contribution in [2.24, 2.45) is 0 Å². The third kappa shape index (κ3) is 7.99. The lowest BCUT2D eigenvalue weighted by Gasteiger charge is -2.24. The highest BCUT2D eigenvalue weighted by molar-refractivity contribution is 7.99. The van der Waals surface area contributed by atoms with Crippen LogP contribution in [0.3, 0.4) is 0 Å². The smallest absolute Gasteiger partial charge is 0.237 e. The summed E-state index contributed by atoms with van der Waals surface area (Å²) in [4.78, 5) is 11.7. The molecule has 0 saturated heterocycles. The molecule has 0 aromatic heterocycles. The lowest BCUT2D eigenvalue weighted by atomic mass is 10.1. The first-order chi connectivity index (χ1) is 7.26. The number of carbonyl (C=O) groups excluding carboxylic acids is 1. The molecular formula is C12H26N2OS. The van der Waals surface area contributed by atoms with Crippen LogP contribution in [0.15, 0.2) is 0 Å². The Hall–Kier alpha value is -0.220. The molecule has 2 unspecified atom stereocenters. The van der Waals surface area contributed by atoms with Gasteiger partial charge in [0, 0.05) is 10.8 Å². The molecule has 0 fully saturated rings. The van der Waals surface area contributed by atoms with E-state index in [1.807, 2.05) is 39.5 Å². The summed E-state index contributed by atoms with van der Waals surface area (Å²) >= 11 is 1.85. The van der Waals surface area contributed by atoms with Gasteiger partial charge in [-0.05, 0) is 46.9 Å². The Labute approximate surface area is 104 Å². The Morgan fingerprint density at radius 2 is 1.88 bits per heavy atom. The molecule has 0 rings (SSSR count). The highest BCUT2D eigenvalue weighted by atomic mass is 32.2. The molecule has 1 amide bonds. The van der Waals surface area contributed by atoms with Crippen LogP contribution in [-0.2, 0) is 4.79 Å². The predicted molar refractivity (Wildman–Crippen MR) is 73.0 cm³/mol. The van der Waals surface area contributed by atoms with Crippen molar-refractivity contribution in [2.45, 2.75) is 57.9 Å². The zero-order valence-electron chi connectivity index (χ0n) is 11.4. The Balaban J connectivity index is 3.80. The molecular weight excluding hydrogens is 220 g/mol. The molecule has 3 nitrogen and oxygen atoms in total. The van der Waals surface area contributed by atoms with Gasteiger partial charge in [-0.1, -0.05) is 6.92 Å². The molecule has 0 aliphatic carbocycles. The number of amides is 1. The zero-order chi connectivity index (χ0) is 12.8. The van der Waals surface area contributed by atoms with Gasteiger partial charge in [0.15, 0.2) is 0 Å². The monoisotopic (exact) mass is 246 g/mol. The first-order valence-electron chi connectivity index (χ1n) is 5.84. The minimum absolute atomic E-state index is 0.0734. The van der Waals surface area contributed by atoms with E-state index in [2.05, 4.69) is 23.8 Å². The normalized spacial score (nSPS) is 15.6. The third-order valence-corrected chi connectivity index (χ3v) is 3.34. The van der Waals surface area contributed by atoms with Crippen LogP contribution in [0, 0.1) is 0 Å². The first kappa shape index (κ1) is 15.8. The Morgan fingerprint density at radius 1 is 1.31 bits per heavy atom. The molecule has 16 heavy (non-hydrogen) atoms. The van der Waals surface area contributed by atoms with E-state index in [9.17, 15) is 4.79 Å². The fourth-order valence-electron chi connectivity index (χ4n) is 1.19. The molecule has 0 spiro atoms. The lowest BCUT2D eigenvalue weighted by molar-refractivity contribution is -0.124. The molecule has 4 heteroatoms. The summed E-state index contributed by atoms with van der Waals surface area (Å²) in [7, 11) is 0. The van der Waals surface area contributed by atoms with Crippen LogP contribution in [-0.4, -0.2) is 35.5 Å². The van der Waals surface area contributed by atoms with Crippen LogP contribution in [0.2, 0.25) is 0 Å². The molecule has 2 atom stereocenters. The Morgan fingerprint density at radius 3 is 2.31 bits per heavy atom. The van der Waals surface area contributed by atoms with Crippen molar-refractivity contribution in [3.8, 4) is 0 Å². The van der Waals surface area contributed by atoms with Crippen LogP contribution in [0.4, 0.5) is 0 Å². The molecule has 96 valence electrons. The second kappa shape index (κ2) is 7.17. The molecule has 0 aromatic carbocycles. The predicted octanol–water partition coefficient (Wildman–Crippen LogP) is 2.02. The summed E-state index contributed by atoms with van der Waals surface area (Å²) in [6, 6.07) is -0.117. The Kier molecular flexibility index (Phi) is 7.07. The van der Waals surface area contributed by atoms with Crippen molar-refractivity contribution in [1.29, 1.82) is 0 Å². The molecule has 0 aliphatic heterocycles. The molecule has 0 aliphatic rings. The van der Waals surface area contributed by atoms with Crippen molar-refractivity contribution < 1.29 is 4.79 Å². The lowest BCUT2D eigenvalue weighted by Crippen LogP contribution is -2.49.